The SMILES string of the molecule is CN1CCC(Nc2nc(Br)nc3c2CNCC3)CC1. The maximum Gasteiger partial charge on any atom is 0.198 e. The van der Waals surface area contributed by atoms with Gasteiger partial charge >= 0.3 is 0 Å². The fourth-order valence-corrected chi connectivity index (χ4v) is 3.17. The second-order valence-electron chi connectivity index (χ2n) is 5.42. The first-order chi connectivity index (χ1) is 9.22. The highest BCUT2D eigenvalue weighted by molar-refractivity contribution is 9.10. The Morgan fingerprint density at radius 2 is 2.11 bits per heavy atom. The molecule has 3 rings (SSSR count). The Balaban J connectivity index is 1.78. The van der Waals surface area contributed by atoms with Crippen molar-refractivity contribution in [3.63, 3.8) is 0 Å². The molecule has 104 valence electrons. The quantitative estimate of drug-likeness (QED) is 0.805. The number of fused-ring (bicyclic) bond motifs is 1. The number of halogens is 1. The van der Waals surface area contributed by atoms with Gasteiger partial charge in [-0.05, 0) is 48.9 Å². The molecule has 1 aromatic rings. The van der Waals surface area contributed by atoms with Gasteiger partial charge < -0.3 is 15.5 Å². The van der Waals surface area contributed by atoms with Gasteiger partial charge in [0.2, 0.25) is 0 Å². The predicted octanol–water partition coefficient (Wildman–Crippen LogP) is 1.39. The Bertz CT molecular complexity index is 457. The lowest BCUT2D eigenvalue weighted by Crippen LogP contribution is -2.37. The number of hydrogen-bond acceptors (Lipinski definition) is 5. The highest BCUT2D eigenvalue weighted by Crippen LogP contribution is 2.24. The number of nitrogens with zero attached hydrogens (tertiary/aromatic N) is 3. The van der Waals surface area contributed by atoms with Gasteiger partial charge in [-0.3, -0.25) is 0 Å². The van der Waals surface area contributed by atoms with Crippen LogP contribution in [-0.4, -0.2) is 47.6 Å². The fourth-order valence-electron chi connectivity index (χ4n) is 2.78. The van der Waals surface area contributed by atoms with E-state index in [9.17, 15) is 0 Å². The van der Waals surface area contributed by atoms with Crippen LogP contribution in [0.3, 0.4) is 0 Å². The molecule has 0 aromatic carbocycles. The first kappa shape index (κ1) is 13.3. The third-order valence-corrected chi connectivity index (χ3v) is 4.32. The zero-order valence-corrected chi connectivity index (χ0v) is 12.8. The number of rotatable bonds is 2. The smallest absolute Gasteiger partial charge is 0.198 e. The molecule has 5 nitrogen and oxygen atoms in total. The van der Waals surface area contributed by atoms with E-state index in [-0.39, 0.29) is 0 Å². The van der Waals surface area contributed by atoms with E-state index in [2.05, 4.69) is 48.5 Å². The lowest BCUT2D eigenvalue weighted by atomic mass is 10.0. The molecule has 3 heterocycles. The number of aromatic nitrogens is 2. The van der Waals surface area contributed by atoms with Gasteiger partial charge in [0.25, 0.3) is 0 Å². The first-order valence-corrected chi connectivity index (χ1v) is 7.73. The van der Waals surface area contributed by atoms with E-state index < -0.39 is 0 Å². The normalized spacial score (nSPS) is 21.2. The molecule has 0 saturated carbocycles. The van der Waals surface area contributed by atoms with Crippen LogP contribution in [0.5, 0.6) is 0 Å². The van der Waals surface area contributed by atoms with Crippen LogP contribution < -0.4 is 10.6 Å². The van der Waals surface area contributed by atoms with Crippen molar-refractivity contribution in [1.82, 2.24) is 20.2 Å². The van der Waals surface area contributed by atoms with E-state index in [1.165, 1.54) is 24.1 Å². The molecule has 0 radical (unpaired) electrons. The average Bonchev–Trinajstić information content (AvgIpc) is 2.41. The standard InChI is InChI=1S/C13H20BrN5/c1-19-6-3-9(4-7-19)16-12-10-8-15-5-2-11(10)17-13(14)18-12/h9,15H,2-8H2,1H3,(H,16,17,18). The minimum Gasteiger partial charge on any atom is -0.367 e. The lowest BCUT2D eigenvalue weighted by Gasteiger charge is -2.31. The van der Waals surface area contributed by atoms with E-state index in [1.807, 2.05) is 0 Å². The minimum absolute atomic E-state index is 0.532. The van der Waals surface area contributed by atoms with Gasteiger partial charge in [-0.15, -0.1) is 0 Å². The highest BCUT2D eigenvalue weighted by Gasteiger charge is 2.21. The van der Waals surface area contributed by atoms with E-state index in [0.29, 0.717) is 10.8 Å². The third-order valence-electron chi connectivity index (χ3n) is 3.97. The topological polar surface area (TPSA) is 53.1 Å². The summed E-state index contributed by atoms with van der Waals surface area (Å²) in [5.74, 6) is 1.01. The van der Waals surface area contributed by atoms with Crippen LogP contribution in [0, 0.1) is 0 Å². The molecule has 6 heteroatoms. The Kier molecular flexibility index (Phi) is 4.00. The summed E-state index contributed by atoms with van der Waals surface area (Å²) in [6.07, 6.45) is 3.35. The van der Waals surface area contributed by atoms with Gasteiger partial charge in [-0.25, -0.2) is 9.97 Å². The van der Waals surface area contributed by atoms with Crippen LogP contribution in [0.2, 0.25) is 0 Å². The molecule has 1 saturated heterocycles. The molecule has 1 fully saturated rings. The number of likely N-dealkylation sites (tertiary alicyclic amines) is 1. The van der Waals surface area contributed by atoms with Crippen molar-refractivity contribution in [1.29, 1.82) is 0 Å². The Hall–Kier alpha value is -0.720. The molecule has 0 bridgehead atoms. The summed E-state index contributed by atoms with van der Waals surface area (Å²) in [5, 5.41) is 7.02. The number of hydrogen-bond donors (Lipinski definition) is 2. The van der Waals surface area contributed by atoms with Crippen molar-refractivity contribution in [3.8, 4) is 0 Å². The van der Waals surface area contributed by atoms with Gasteiger partial charge in [-0.1, -0.05) is 0 Å². The van der Waals surface area contributed by atoms with Crippen molar-refractivity contribution in [2.24, 2.45) is 0 Å². The molecule has 19 heavy (non-hydrogen) atoms. The highest BCUT2D eigenvalue weighted by atomic mass is 79.9. The molecule has 1 aromatic heterocycles. The van der Waals surface area contributed by atoms with Gasteiger partial charge in [0.15, 0.2) is 4.73 Å². The fraction of sp³-hybridized carbons (Fsp3) is 0.692. The van der Waals surface area contributed by atoms with E-state index in [4.69, 9.17) is 0 Å². The second-order valence-corrected chi connectivity index (χ2v) is 6.12. The molecule has 2 aliphatic rings. The Labute approximate surface area is 122 Å². The van der Waals surface area contributed by atoms with Crippen LogP contribution in [0.25, 0.3) is 0 Å². The van der Waals surface area contributed by atoms with Crippen molar-refractivity contribution in [3.05, 3.63) is 16.0 Å². The van der Waals surface area contributed by atoms with Crippen molar-refractivity contribution in [2.75, 3.05) is 32.0 Å². The second kappa shape index (κ2) is 5.73. The van der Waals surface area contributed by atoms with Crippen molar-refractivity contribution in [2.45, 2.75) is 31.8 Å². The molecule has 0 spiro atoms. The summed E-state index contributed by atoms with van der Waals surface area (Å²) in [6.45, 7) is 4.19. The van der Waals surface area contributed by atoms with Gasteiger partial charge in [0.05, 0.1) is 5.69 Å². The van der Waals surface area contributed by atoms with E-state index >= 15 is 0 Å². The zero-order valence-electron chi connectivity index (χ0n) is 11.2. The monoisotopic (exact) mass is 325 g/mol. The summed E-state index contributed by atoms with van der Waals surface area (Å²) >= 11 is 3.42. The van der Waals surface area contributed by atoms with Crippen LogP contribution in [0.1, 0.15) is 24.1 Å². The van der Waals surface area contributed by atoms with Crippen LogP contribution >= 0.6 is 15.9 Å². The Morgan fingerprint density at radius 3 is 2.89 bits per heavy atom. The van der Waals surface area contributed by atoms with Gasteiger partial charge in [-0.2, -0.15) is 0 Å². The maximum atomic E-state index is 4.54. The van der Waals surface area contributed by atoms with E-state index in [1.54, 1.807) is 0 Å². The molecule has 2 aliphatic heterocycles. The van der Waals surface area contributed by atoms with Crippen LogP contribution in [0.4, 0.5) is 5.82 Å². The molecule has 2 N–H and O–H groups in total. The van der Waals surface area contributed by atoms with Crippen LogP contribution in [-0.2, 0) is 13.0 Å². The molecule has 0 aliphatic carbocycles. The lowest BCUT2D eigenvalue weighted by molar-refractivity contribution is 0.263. The first-order valence-electron chi connectivity index (χ1n) is 6.93. The number of anilines is 1. The Morgan fingerprint density at radius 1 is 1.32 bits per heavy atom. The molecule has 0 amide bonds. The van der Waals surface area contributed by atoms with E-state index in [0.717, 1.165) is 38.4 Å². The largest absolute Gasteiger partial charge is 0.367 e. The number of piperidine rings is 1. The van der Waals surface area contributed by atoms with Crippen LogP contribution in [0.15, 0.2) is 4.73 Å². The molecule has 0 unspecified atom stereocenters. The molecular formula is C13H20BrN5. The van der Waals surface area contributed by atoms with Gasteiger partial charge in [0, 0.05) is 31.1 Å². The zero-order chi connectivity index (χ0) is 13.2. The average molecular weight is 326 g/mol. The molecule has 0 atom stereocenters. The van der Waals surface area contributed by atoms with Gasteiger partial charge in [0.1, 0.15) is 5.82 Å². The maximum absolute atomic E-state index is 4.54. The summed E-state index contributed by atoms with van der Waals surface area (Å²) in [7, 11) is 2.18. The third kappa shape index (κ3) is 3.07. The summed E-state index contributed by atoms with van der Waals surface area (Å²) in [4.78, 5) is 11.4. The summed E-state index contributed by atoms with van der Waals surface area (Å²) < 4.78 is 0.698. The van der Waals surface area contributed by atoms with Crippen molar-refractivity contribution < 1.29 is 0 Å². The summed E-state index contributed by atoms with van der Waals surface area (Å²) in [6, 6.07) is 0.532. The summed E-state index contributed by atoms with van der Waals surface area (Å²) in [5.41, 5.74) is 2.42. The number of nitrogens with one attached hydrogen (secondary N) is 2. The minimum atomic E-state index is 0.532. The molecular weight excluding hydrogens is 306 g/mol. The predicted molar refractivity (Wildman–Crippen MR) is 79.3 cm³/mol. The van der Waals surface area contributed by atoms with Crippen molar-refractivity contribution >= 4 is 21.7 Å².